The number of hydrogen-bond donors (Lipinski definition) is 1. The summed E-state index contributed by atoms with van der Waals surface area (Å²) in [6.45, 7) is 0.605. The molecule has 0 bridgehead atoms. The van der Waals surface area contributed by atoms with E-state index in [1.165, 1.54) is 28.8 Å². The molecule has 1 aliphatic heterocycles. The molecule has 176 valence electrons. The van der Waals surface area contributed by atoms with Crippen LogP contribution in [0.5, 0.6) is 11.5 Å². The normalized spacial score (nSPS) is 15.8. The predicted molar refractivity (Wildman–Crippen MR) is 122 cm³/mol. The van der Waals surface area contributed by atoms with Gasteiger partial charge in [0.15, 0.2) is 4.80 Å². The van der Waals surface area contributed by atoms with Crippen LogP contribution in [0.2, 0.25) is 0 Å². The lowest BCUT2D eigenvalue weighted by atomic mass is 9.96. The number of carbonyl (C=O) groups is 1. The molecular formula is C24H20F2N2O5S. The standard InChI is InChI=1S/C24H20F2N2O5S/c1-3-32-22(31)19-13(2)27-24-28(20(19)15-6-8-16(29)9-7-15)21(30)18(34-24)12-14-4-10-17(11-5-14)33-23(25)26/h4-12,20,23,29H,3H2,1-2H3/t20-/m0/s1. The van der Waals surface area contributed by atoms with Gasteiger partial charge in [0.25, 0.3) is 5.56 Å². The molecule has 1 N–H and O–H groups in total. The van der Waals surface area contributed by atoms with Crippen molar-refractivity contribution in [3.63, 3.8) is 0 Å². The van der Waals surface area contributed by atoms with Crippen LogP contribution in [-0.2, 0) is 9.53 Å². The van der Waals surface area contributed by atoms with Gasteiger partial charge in [0.05, 0.1) is 28.5 Å². The smallest absolute Gasteiger partial charge is 0.387 e. The number of benzene rings is 2. The van der Waals surface area contributed by atoms with Gasteiger partial charge in [-0.15, -0.1) is 0 Å². The number of phenols is 1. The minimum atomic E-state index is -2.92. The number of rotatable bonds is 6. The van der Waals surface area contributed by atoms with E-state index >= 15 is 0 Å². The number of esters is 1. The summed E-state index contributed by atoms with van der Waals surface area (Å²) in [7, 11) is 0. The molecule has 0 saturated carbocycles. The molecule has 1 aliphatic rings. The van der Waals surface area contributed by atoms with E-state index in [0.29, 0.717) is 26.2 Å². The Kier molecular flexibility index (Phi) is 6.60. The van der Waals surface area contributed by atoms with E-state index in [2.05, 4.69) is 9.73 Å². The highest BCUT2D eigenvalue weighted by Crippen LogP contribution is 2.31. The number of aromatic hydroxyl groups is 1. The third kappa shape index (κ3) is 4.62. The van der Waals surface area contributed by atoms with E-state index in [-0.39, 0.29) is 29.2 Å². The topological polar surface area (TPSA) is 90.1 Å². The number of halogens is 2. The Morgan fingerprint density at radius 1 is 1.21 bits per heavy atom. The molecule has 0 fully saturated rings. The average Bonchev–Trinajstić information content (AvgIpc) is 3.09. The van der Waals surface area contributed by atoms with Crippen LogP contribution in [0.25, 0.3) is 6.08 Å². The number of ether oxygens (including phenoxy) is 2. The Bertz CT molecular complexity index is 1420. The zero-order valence-electron chi connectivity index (χ0n) is 18.2. The van der Waals surface area contributed by atoms with Gasteiger partial charge in [-0.2, -0.15) is 8.78 Å². The quantitative estimate of drug-likeness (QED) is 0.541. The van der Waals surface area contributed by atoms with Crippen molar-refractivity contribution in [3.8, 4) is 11.5 Å². The number of allylic oxidation sites excluding steroid dienone is 1. The second-order valence-electron chi connectivity index (χ2n) is 7.34. The molecule has 2 aromatic carbocycles. The number of alkyl halides is 2. The molecule has 0 saturated heterocycles. The largest absolute Gasteiger partial charge is 0.508 e. The number of carbonyl (C=O) groups excluding carboxylic acids is 1. The van der Waals surface area contributed by atoms with Crippen molar-refractivity contribution in [2.75, 3.05) is 6.61 Å². The number of nitrogens with zero attached hydrogens (tertiary/aromatic N) is 2. The molecule has 7 nitrogen and oxygen atoms in total. The fourth-order valence-corrected chi connectivity index (χ4v) is 4.71. The second-order valence-corrected chi connectivity index (χ2v) is 8.35. The lowest BCUT2D eigenvalue weighted by molar-refractivity contribution is -0.139. The molecule has 0 aliphatic carbocycles. The summed E-state index contributed by atoms with van der Waals surface area (Å²) in [5.41, 5.74) is 1.51. The minimum absolute atomic E-state index is 0.00985. The zero-order chi connectivity index (χ0) is 24.4. The van der Waals surface area contributed by atoms with Crippen LogP contribution in [0.3, 0.4) is 0 Å². The predicted octanol–water partition coefficient (Wildman–Crippen LogP) is 3.11. The molecule has 0 spiro atoms. The summed E-state index contributed by atoms with van der Waals surface area (Å²) >= 11 is 1.15. The highest BCUT2D eigenvalue weighted by Gasteiger charge is 2.33. The van der Waals surface area contributed by atoms with E-state index in [9.17, 15) is 23.5 Å². The minimum Gasteiger partial charge on any atom is -0.508 e. The average molecular weight is 486 g/mol. The van der Waals surface area contributed by atoms with Crippen molar-refractivity contribution in [1.82, 2.24) is 4.57 Å². The number of phenolic OH excluding ortho intramolecular Hbond substituents is 1. The van der Waals surface area contributed by atoms with Gasteiger partial charge in [-0.3, -0.25) is 9.36 Å². The van der Waals surface area contributed by atoms with Crippen molar-refractivity contribution >= 4 is 23.4 Å². The molecule has 4 rings (SSSR count). The van der Waals surface area contributed by atoms with Gasteiger partial charge >= 0.3 is 12.6 Å². The first-order chi connectivity index (χ1) is 16.3. The fourth-order valence-electron chi connectivity index (χ4n) is 3.66. The van der Waals surface area contributed by atoms with Crippen LogP contribution in [0.1, 0.15) is 31.0 Å². The molecule has 34 heavy (non-hydrogen) atoms. The highest BCUT2D eigenvalue weighted by atomic mass is 32.1. The van der Waals surface area contributed by atoms with Gasteiger partial charge in [-0.05, 0) is 55.3 Å². The second kappa shape index (κ2) is 9.60. The van der Waals surface area contributed by atoms with Crippen molar-refractivity contribution in [1.29, 1.82) is 0 Å². The summed E-state index contributed by atoms with van der Waals surface area (Å²) in [6.07, 6.45) is 1.62. The van der Waals surface area contributed by atoms with Crippen molar-refractivity contribution in [3.05, 3.63) is 90.6 Å². The van der Waals surface area contributed by atoms with Crippen LogP contribution in [0, 0.1) is 0 Å². The lowest BCUT2D eigenvalue weighted by Crippen LogP contribution is -2.39. The van der Waals surface area contributed by atoms with Gasteiger partial charge in [0.1, 0.15) is 11.5 Å². The summed E-state index contributed by atoms with van der Waals surface area (Å²) in [5, 5.41) is 9.71. The Morgan fingerprint density at radius 2 is 1.88 bits per heavy atom. The summed E-state index contributed by atoms with van der Waals surface area (Å²) < 4.78 is 36.1. The Hall–Kier alpha value is -3.79. The SMILES string of the molecule is CCOC(=O)C1=C(C)N=c2sc(=Cc3ccc(OC(F)F)cc3)c(=O)n2[C@H]1c1ccc(O)cc1. The lowest BCUT2D eigenvalue weighted by Gasteiger charge is -2.24. The number of aromatic nitrogens is 1. The number of hydrogen-bond acceptors (Lipinski definition) is 7. The van der Waals surface area contributed by atoms with E-state index in [1.807, 2.05) is 0 Å². The number of fused-ring (bicyclic) bond motifs is 1. The molecule has 0 radical (unpaired) electrons. The highest BCUT2D eigenvalue weighted by molar-refractivity contribution is 7.07. The Balaban J connectivity index is 1.85. The van der Waals surface area contributed by atoms with Crippen LogP contribution >= 0.6 is 11.3 Å². The molecule has 0 unspecified atom stereocenters. The van der Waals surface area contributed by atoms with Gasteiger partial charge in [0, 0.05) is 0 Å². The summed E-state index contributed by atoms with van der Waals surface area (Å²) in [4.78, 5) is 31.1. The van der Waals surface area contributed by atoms with Crippen molar-refractivity contribution in [2.45, 2.75) is 26.5 Å². The summed E-state index contributed by atoms with van der Waals surface area (Å²) in [5.74, 6) is -0.518. The van der Waals surface area contributed by atoms with E-state index in [1.54, 1.807) is 44.2 Å². The molecule has 2 heterocycles. The first kappa shape index (κ1) is 23.4. The van der Waals surface area contributed by atoms with Crippen LogP contribution < -0.4 is 19.6 Å². The molecule has 3 aromatic rings. The third-order valence-corrected chi connectivity index (χ3v) is 6.11. The molecular weight excluding hydrogens is 466 g/mol. The maximum atomic E-state index is 13.4. The first-order valence-electron chi connectivity index (χ1n) is 10.3. The molecule has 1 atom stereocenters. The summed E-state index contributed by atoms with van der Waals surface area (Å²) in [6, 6.07) is 11.3. The van der Waals surface area contributed by atoms with Gasteiger partial charge in [-0.1, -0.05) is 35.6 Å². The Labute approximate surface area is 196 Å². The van der Waals surface area contributed by atoms with E-state index in [4.69, 9.17) is 4.74 Å². The number of thiazole rings is 1. The van der Waals surface area contributed by atoms with Crippen LogP contribution in [-0.4, -0.2) is 28.9 Å². The Morgan fingerprint density at radius 3 is 2.50 bits per heavy atom. The van der Waals surface area contributed by atoms with Crippen molar-refractivity contribution in [2.24, 2.45) is 4.99 Å². The maximum Gasteiger partial charge on any atom is 0.387 e. The van der Waals surface area contributed by atoms with Gasteiger partial charge in [-0.25, -0.2) is 9.79 Å². The fraction of sp³-hybridized carbons (Fsp3) is 0.208. The zero-order valence-corrected chi connectivity index (χ0v) is 19.0. The monoisotopic (exact) mass is 486 g/mol. The molecule has 1 aromatic heterocycles. The van der Waals surface area contributed by atoms with E-state index in [0.717, 1.165) is 11.3 Å². The van der Waals surface area contributed by atoms with E-state index < -0.39 is 18.6 Å². The van der Waals surface area contributed by atoms with Gasteiger partial charge < -0.3 is 14.6 Å². The maximum absolute atomic E-state index is 13.4. The van der Waals surface area contributed by atoms with Crippen LogP contribution in [0.15, 0.2) is 69.6 Å². The molecule has 0 amide bonds. The first-order valence-corrected chi connectivity index (χ1v) is 11.1. The third-order valence-electron chi connectivity index (χ3n) is 5.13. The van der Waals surface area contributed by atoms with Crippen molar-refractivity contribution < 1.29 is 28.2 Å². The molecule has 10 heteroatoms. The van der Waals surface area contributed by atoms with Crippen LogP contribution in [0.4, 0.5) is 8.78 Å². The van der Waals surface area contributed by atoms with Gasteiger partial charge in [0.2, 0.25) is 0 Å².